The van der Waals surface area contributed by atoms with Gasteiger partial charge in [0.2, 0.25) is 5.91 Å². The van der Waals surface area contributed by atoms with E-state index in [2.05, 4.69) is 30.9 Å². The Hall–Kier alpha value is -2.28. The predicted molar refractivity (Wildman–Crippen MR) is 123 cm³/mol. The molecule has 6 heteroatoms. The Morgan fingerprint density at radius 3 is 2.57 bits per heavy atom. The second-order valence-electron chi connectivity index (χ2n) is 7.89. The second-order valence-corrected chi connectivity index (χ2v) is 8.87. The fraction of sp³-hybridized carbons (Fsp3) is 0.417. The summed E-state index contributed by atoms with van der Waals surface area (Å²) in [7, 11) is 0. The molecule has 2 aromatic carbocycles. The molecule has 0 unspecified atom stereocenters. The van der Waals surface area contributed by atoms with E-state index in [1.165, 1.54) is 10.3 Å². The van der Waals surface area contributed by atoms with Gasteiger partial charge in [0, 0.05) is 26.2 Å². The molecule has 3 aromatic rings. The number of anilines is 1. The van der Waals surface area contributed by atoms with Crippen molar-refractivity contribution in [1.82, 2.24) is 9.88 Å². The summed E-state index contributed by atoms with van der Waals surface area (Å²) in [5, 5.41) is 0.810. The molecule has 2 heterocycles. The van der Waals surface area contributed by atoms with Crippen LogP contribution in [0.3, 0.4) is 0 Å². The first-order valence-electron chi connectivity index (χ1n) is 10.6. The first-order chi connectivity index (χ1) is 14.6. The minimum absolute atomic E-state index is 0.109. The van der Waals surface area contributed by atoms with E-state index in [9.17, 15) is 4.79 Å². The van der Waals surface area contributed by atoms with E-state index in [-0.39, 0.29) is 5.91 Å². The maximum Gasteiger partial charge on any atom is 0.233 e. The molecule has 1 amide bonds. The number of carbonyl (C=O) groups excluding carboxylic acids is 1. The van der Waals surface area contributed by atoms with Crippen molar-refractivity contribution in [3.63, 3.8) is 0 Å². The first-order valence-corrected chi connectivity index (χ1v) is 11.4. The Labute approximate surface area is 182 Å². The number of morpholine rings is 1. The number of amides is 1. The van der Waals surface area contributed by atoms with Gasteiger partial charge in [-0.1, -0.05) is 53.8 Å². The highest BCUT2D eigenvalue weighted by Gasteiger charge is 2.21. The molecule has 0 spiro atoms. The zero-order valence-corrected chi connectivity index (χ0v) is 18.6. The standard InChI is InChI=1S/C24H29N3O2S/c1-18-9-10-19(2)23-22(18)25-24(30-23)27(12-6-11-26-13-15-29-16-14-26)21(28)17-20-7-4-3-5-8-20/h3-5,7-10H,6,11-17H2,1-2H3. The van der Waals surface area contributed by atoms with Crippen LogP contribution in [0.25, 0.3) is 10.2 Å². The molecule has 0 aliphatic carbocycles. The Bertz CT molecular complexity index is 957. The number of aryl methyl sites for hydroxylation is 2. The zero-order valence-electron chi connectivity index (χ0n) is 17.8. The van der Waals surface area contributed by atoms with Crippen LogP contribution in [0.1, 0.15) is 23.1 Å². The van der Waals surface area contributed by atoms with E-state index < -0.39 is 0 Å². The van der Waals surface area contributed by atoms with Gasteiger partial charge in [0.1, 0.15) is 0 Å². The lowest BCUT2D eigenvalue weighted by molar-refractivity contribution is -0.118. The number of nitrogens with zero attached hydrogens (tertiary/aromatic N) is 3. The lowest BCUT2D eigenvalue weighted by atomic mass is 10.1. The quantitative estimate of drug-likeness (QED) is 0.571. The minimum Gasteiger partial charge on any atom is -0.379 e. The summed E-state index contributed by atoms with van der Waals surface area (Å²) >= 11 is 1.63. The summed E-state index contributed by atoms with van der Waals surface area (Å²) in [6.45, 7) is 9.38. The number of rotatable bonds is 7. The molecule has 0 N–H and O–H groups in total. The van der Waals surface area contributed by atoms with Crippen molar-refractivity contribution in [2.24, 2.45) is 0 Å². The van der Waals surface area contributed by atoms with Gasteiger partial charge in [-0.25, -0.2) is 4.98 Å². The normalized spacial score (nSPS) is 14.9. The summed E-state index contributed by atoms with van der Waals surface area (Å²) in [5.74, 6) is 0.109. The van der Waals surface area contributed by atoms with E-state index in [4.69, 9.17) is 9.72 Å². The Kier molecular flexibility index (Phi) is 6.77. The Morgan fingerprint density at radius 2 is 1.83 bits per heavy atom. The smallest absolute Gasteiger partial charge is 0.233 e. The SMILES string of the molecule is Cc1ccc(C)c2sc(N(CCCN3CCOCC3)C(=O)Cc3ccccc3)nc12. The van der Waals surface area contributed by atoms with Crippen LogP contribution >= 0.6 is 11.3 Å². The highest BCUT2D eigenvalue weighted by Crippen LogP contribution is 2.33. The van der Waals surface area contributed by atoms with Gasteiger partial charge < -0.3 is 4.74 Å². The molecule has 0 saturated carbocycles. The summed E-state index contributed by atoms with van der Waals surface area (Å²) in [6.07, 6.45) is 1.32. The van der Waals surface area contributed by atoms with Gasteiger partial charge in [-0.15, -0.1) is 0 Å². The lowest BCUT2D eigenvalue weighted by Gasteiger charge is -2.27. The van der Waals surface area contributed by atoms with Gasteiger partial charge in [0.25, 0.3) is 0 Å². The molecular weight excluding hydrogens is 394 g/mol. The fourth-order valence-corrected chi connectivity index (χ4v) is 4.99. The monoisotopic (exact) mass is 423 g/mol. The topological polar surface area (TPSA) is 45.7 Å². The van der Waals surface area contributed by atoms with Gasteiger partial charge in [-0.3, -0.25) is 14.6 Å². The van der Waals surface area contributed by atoms with Gasteiger partial charge in [0.15, 0.2) is 5.13 Å². The molecule has 1 fully saturated rings. The number of thiazole rings is 1. The van der Waals surface area contributed by atoms with E-state index in [1.807, 2.05) is 35.2 Å². The molecule has 1 aromatic heterocycles. The number of hydrogen-bond acceptors (Lipinski definition) is 5. The molecule has 0 bridgehead atoms. The molecule has 4 rings (SSSR count). The van der Waals surface area contributed by atoms with Crippen molar-refractivity contribution in [2.45, 2.75) is 26.7 Å². The molecule has 1 aliphatic rings. The highest BCUT2D eigenvalue weighted by atomic mass is 32.1. The lowest BCUT2D eigenvalue weighted by Crippen LogP contribution is -2.39. The number of aromatic nitrogens is 1. The van der Waals surface area contributed by atoms with Crippen LogP contribution in [0.5, 0.6) is 0 Å². The van der Waals surface area contributed by atoms with Crippen molar-refractivity contribution < 1.29 is 9.53 Å². The van der Waals surface area contributed by atoms with Crippen LogP contribution in [0.4, 0.5) is 5.13 Å². The van der Waals surface area contributed by atoms with Crippen molar-refractivity contribution in [3.05, 3.63) is 59.2 Å². The van der Waals surface area contributed by atoms with Gasteiger partial charge in [0.05, 0.1) is 29.9 Å². The predicted octanol–water partition coefficient (Wildman–Crippen LogP) is 4.21. The third kappa shape index (κ3) is 4.89. The van der Waals surface area contributed by atoms with E-state index in [0.29, 0.717) is 13.0 Å². The number of benzene rings is 2. The maximum absolute atomic E-state index is 13.3. The summed E-state index contributed by atoms with van der Waals surface area (Å²) in [6, 6.07) is 14.2. The average molecular weight is 424 g/mol. The molecule has 30 heavy (non-hydrogen) atoms. The first kappa shape index (κ1) is 21.0. The van der Waals surface area contributed by atoms with Gasteiger partial charge >= 0.3 is 0 Å². The zero-order chi connectivity index (χ0) is 20.9. The molecule has 0 atom stereocenters. The summed E-state index contributed by atoms with van der Waals surface area (Å²) < 4.78 is 6.62. The van der Waals surface area contributed by atoms with Crippen LogP contribution < -0.4 is 4.90 Å². The highest BCUT2D eigenvalue weighted by molar-refractivity contribution is 7.22. The maximum atomic E-state index is 13.3. The van der Waals surface area contributed by atoms with Crippen LogP contribution in [-0.4, -0.2) is 55.2 Å². The van der Waals surface area contributed by atoms with Crippen LogP contribution in [0.2, 0.25) is 0 Å². The number of carbonyl (C=O) groups is 1. The van der Waals surface area contributed by atoms with Gasteiger partial charge in [-0.2, -0.15) is 0 Å². The van der Waals surface area contributed by atoms with Crippen molar-refractivity contribution in [3.8, 4) is 0 Å². The fourth-order valence-electron chi connectivity index (χ4n) is 3.83. The second kappa shape index (κ2) is 9.69. The van der Waals surface area contributed by atoms with Crippen LogP contribution in [0.15, 0.2) is 42.5 Å². The van der Waals surface area contributed by atoms with Crippen molar-refractivity contribution in [2.75, 3.05) is 44.3 Å². The molecule has 0 radical (unpaired) electrons. The molecule has 158 valence electrons. The Morgan fingerprint density at radius 1 is 1.10 bits per heavy atom. The third-order valence-electron chi connectivity index (χ3n) is 5.62. The van der Waals surface area contributed by atoms with Crippen LogP contribution in [-0.2, 0) is 16.0 Å². The van der Waals surface area contributed by atoms with E-state index >= 15 is 0 Å². The Balaban J connectivity index is 1.55. The summed E-state index contributed by atoms with van der Waals surface area (Å²) in [4.78, 5) is 22.5. The van der Waals surface area contributed by atoms with E-state index in [0.717, 1.165) is 61.0 Å². The molecule has 1 saturated heterocycles. The number of fused-ring (bicyclic) bond motifs is 1. The largest absolute Gasteiger partial charge is 0.379 e. The third-order valence-corrected chi connectivity index (χ3v) is 6.83. The minimum atomic E-state index is 0.109. The number of ether oxygens (including phenoxy) is 1. The van der Waals surface area contributed by atoms with Crippen molar-refractivity contribution in [1.29, 1.82) is 0 Å². The molecule has 5 nitrogen and oxygen atoms in total. The molecule has 1 aliphatic heterocycles. The molecular formula is C24H29N3O2S. The van der Waals surface area contributed by atoms with Crippen molar-refractivity contribution >= 4 is 32.6 Å². The van der Waals surface area contributed by atoms with E-state index in [1.54, 1.807) is 11.3 Å². The average Bonchev–Trinajstić information content (AvgIpc) is 3.22. The number of hydrogen-bond donors (Lipinski definition) is 0. The van der Waals surface area contributed by atoms with Crippen LogP contribution in [0, 0.1) is 13.8 Å². The van der Waals surface area contributed by atoms with Gasteiger partial charge in [-0.05, 0) is 37.0 Å². The summed E-state index contributed by atoms with van der Waals surface area (Å²) in [5.41, 5.74) is 4.42.